The van der Waals surface area contributed by atoms with Gasteiger partial charge in [0, 0.05) is 25.7 Å². The first-order valence-corrected chi connectivity index (χ1v) is 41.6. The maximum Gasteiger partial charge on any atom is 0.472 e. The van der Waals surface area contributed by atoms with Gasteiger partial charge in [0.1, 0.15) is 19.3 Å². The third-order valence-electron chi connectivity index (χ3n) is 16.5. The third kappa shape index (κ3) is 69.2. The zero-order valence-corrected chi connectivity index (χ0v) is 62.8. The SMILES string of the molecule is CCCCCC/C=C\C=C/CCCCCCCC(=O)OC[C@H](COP(=O)(O)OC[C@H](O)COP(=O)(O)OC[C@@H](COC(=O)CCCCCCC/C=C\C=C/CCCCCC)OC(=O)CCCCCCCCCCCCCCC)OC(=O)CCCCCCC/C=C\CCCCCC. The highest BCUT2D eigenvalue weighted by molar-refractivity contribution is 7.47. The molecule has 0 aliphatic rings. The maximum atomic E-state index is 13.1. The Balaban J connectivity index is 5.34. The normalized spacial score (nSPS) is 14.3. The molecular formula is C77H140O17P2. The number of hydrogen-bond donors (Lipinski definition) is 3. The molecule has 96 heavy (non-hydrogen) atoms. The fraction of sp³-hybridized carbons (Fsp3) is 0.818. The Morgan fingerprint density at radius 2 is 0.510 bits per heavy atom. The second-order valence-electron chi connectivity index (χ2n) is 26.0. The second kappa shape index (κ2) is 70.2. The molecule has 0 heterocycles. The van der Waals surface area contributed by atoms with E-state index in [-0.39, 0.29) is 25.7 Å². The quantitative estimate of drug-likeness (QED) is 0.0128. The van der Waals surface area contributed by atoms with E-state index in [9.17, 15) is 43.2 Å². The predicted molar refractivity (Wildman–Crippen MR) is 390 cm³/mol. The van der Waals surface area contributed by atoms with Gasteiger partial charge in [-0.15, -0.1) is 0 Å². The largest absolute Gasteiger partial charge is 0.472 e. The number of allylic oxidation sites excluding steroid dienone is 10. The van der Waals surface area contributed by atoms with Gasteiger partial charge < -0.3 is 33.8 Å². The lowest BCUT2D eigenvalue weighted by Gasteiger charge is -2.21. The average Bonchev–Trinajstić information content (AvgIpc) is 1.14. The zero-order valence-electron chi connectivity index (χ0n) is 61.1. The molecular weight excluding hydrogens is 1260 g/mol. The summed E-state index contributed by atoms with van der Waals surface area (Å²) in [5.41, 5.74) is 0. The van der Waals surface area contributed by atoms with Gasteiger partial charge in [0.15, 0.2) is 12.2 Å². The first kappa shape index (κ1) is 92.8. The highest BCUT2D eigenvalue weighted by Crippen LogP contribution is 2.45. The van der Waals surface area contributed by atoms with Crippen LogP contribution in [-0.2, 0) is 65.4 Å². The van der Waals surface area contributed by atoms with Crippen molar-refractivity contribution in [1.82, 2.24) is 0 Å². The number of phosphoric ester groups is 2. The number of aliphatic hydroxyl groups excluding tert-OH is 1. The lowest BCUT2D eigenvalue weighted by Crippen LogP contribution is -2.30. The summed E-state index contributed by atoms with van der Waals surface area (Å²) in [5, 5.41) is 10.6. The number of rotatable bonds is 73. The van der Waals surface area contributed by atoms with Crippen LogP contribution in [0.1, 0.15) is 349 Å². The maximum absolute atomic E-state index is 13.1. The van der Waals surface area contributed by atoms with Crippen molar-refractivity contribution in [3.63, 3.8) is 0 Å². The molecule has 0 rings (SSSR count). The minimum absolute atomic E-state index is 0.0849. The summed E-state index contributed by atoms with van der Waals surface area (Å²) in [6.45, 7) is 4.82. The molecule has 0 aromatic rings. The van der Waals surface area contributed by atoms with Crippen molar-refractivity contribution in [2.45, 2.75) is 367 Å². The molecule has 0 amide bonds. The van der Waals surface area contributed by atoms with Crippen LogP contribution in [0.5, 0.6) is 0 Å². The van der Waals surface area contributed by atoms with E-state index in [1.54, 1.807) is 0 Å². The molecule has 0 aliphatic carbocycles. The Kier molecular flexibility index (Phi) is 67.8. The van der Waals surface area contributed by atoms with Crippen molar-refractivity contribution in [2.24, 2.45) is 0 Å². The number of hydrogen-bond acceptors (Lipinski definition) is 15. The minimum atomic E-state index is -4.97. The molecule has 0 aliphatic heterocycles. The molecule has 19 heteroatoms. The number of esters is 4. The molecule has 0 saturated carbocycles. The van der Waals surface area contributed by atoms with Crippen molar-refractivity contribution in [2.75, 3.05) is 39.6 Å². The number of unbranched alkanes of at least 4 members (excludes halogenated alkanes) is 39. The standard InChI is InChI=1S/C77H140O17P2/c1-5-9-13-17-21-25-29-33-35-39-41-45-49-53-57-61-74(79)87-67-72(93-76(81)63-59-55-51-47-43-37-31-27-23-19-15-11-7-3)69-91-95(83,84)89-65-71(78)66-90-96(85,86)92-70-73(94-77(82)64-60-56-52-48-44-38-32-28-24-20-16-12-8-4)68-88-75(80)62-58-54-50-46-42-40-36-34-30-26-22-18-14-10-6-2/h25-27,29-31,33-36,71-73,78H,5-24,28,32,37-70H2,1-4H3,(H,83,84)(H,85,86)/b29-25-,30-26-,31-27-,35-33-,36-34-/t71-,72+,73+/m0/s1. The predicted octanol–water partition coefficient (Wildman–Crippen LogP) is 21.9. The zero-order chi connectivity index (χ0) is 70.4. The van der Waals surface area contributed by atoms with E-state index in [4.69, 9.17) is 37.0 Å². The Morgan fingerprint density at radius 3 is 0.792 bits per heavy atom. The van der Waals surface area contributed by atoms with Crippen LogP contribution < -0.4 is 0 Å². The molecule has 0 spiro atoms. The van der Waals surface area contributed by atoms with Crippen molar-refractivity contribution in [3.05, 3.63) is 60.8 Å². The lowest BCUT2D eigenvalue weighted by atomic mass is 10.0. The Labute approximate surface area is 584 Å². The van der Waals surface area contributed by atoms with Crippen molar-refractivity contribution in [3.8, 4) is 0 Å². The van der Waals surface area contributed by atoms with Crippen LogP contribution in [0.2, 0.25) is 0 Å². The number of aliphatic hydroxyl groups is 1. The monoisotopic (exact) mass is 1400 g/mol. The van der Waals surface area contributed by atoms with Crippen LogP contribution in [0, 0.1) is 0 Å². The molecule has 5 atom stereocenters. The van der Waals surface area contributed by atoms with Crippen LogP contribution in [0.15, 0.2) is 60.8 Å². The molecule has 3 N–H and O–H groups in total. The van der Waals surface area contributed by atoms with Crippen LogP contribution >= 0.6 is 15.6 Å². The lowest BCUT2D eigenvalue weighted by molar-refractivity contribution is -0.161. The molecule has 17 nitrogen and oxygen atoms in total. The van der Waals surface area contributed by atoms with Gasteiger partial charge in [-0.1, -0.05) is 281 Å². The van der Waals surface area contributed by atoms with Crippen molar-refractivity contribution < 1.29 is 80.2 Å². The Hall–Kier alpha value is -3.24. The van der Waals surface area contributed by atoms with Crippen LogP contribution in [-0.4, -0.2) is 96.7 Å². The van der Waals surface area contributed by atoms with E-state index >= 15 is 0 Å². The first-order chi connectivity index (χ1) is 46.7. The molecule has 2 unspecified atom stereocenters. The van der Waals surface area contributed by atoms with Crippen molar-refractivity contribution in [1.29, 1.82) is 0 Å². The van der Waals surface area contributed by atoms with Gasteiger partial charge in [-0.3, -0.25) is 37.3 Å². The number of phosphoric acid groups is 2. The molecule has 0 bridgehead atoms. The van der Waals surface area contributed by atoms with Gasteiger partial charge in [0.05, 0.1) is 26.4 Å². The van der Waals surface area contributed by atoms with Crippen molar-refractivity contribution >= 4 is 39.5 Å². The third-order valence-corrected chi connectivity index (χ3v) is 18.4. The van der Waals surface area contributed by atoms with E-state index in [2.05, 4.69) is 88.5 Å². The molecule has 0 aromatic heterocycles. The summed E-state index contributed by atoms with van der Waals surface area (Å²) in [6.07, 6.45) is 67.7. The van der Waals surface area contributed by atoms with E-state index in [0.717, 1.165) is 141 Å². The van der Waals surface area contributed by atoms with E-state index in [1.165, 1.54) is 128 Å². The van der Waals surface area contributed by atoms with Gasteiger partial charge in [0.2, 0.25) is 0 Å². The van der Waals surface area contributed by atoms with Crippen LogP contribution in [0.4, 0.5) is 0 Å². The molecule has 560 valence electrons. The fourth-order valence-electron chi connectivity index (χ4n) is 10.6. The van der Waals surface area contributed by atoms with Gasteiger partial charge in [-0.2, -0.15) is 0 Å². The summed E-state index contributed by atoms with van der Waals surface area (Å²) >= 11 is 0. The summed E-state index contributed by atoms with van der Waals surface area (Å²) < 4.78 is 68.4. The average molecular weight is 1400 g/mol. The minimum Gasteiger partial charge on any atom is -0.462 e. The number of ether oxygens (including phenoxy) is 4. The van der Waals surface area contributed by atoms with E-state index in [0.29, 0.717) is 25.7 Å². The summed E-state index contributed by atoms with van der Waals surface area (Å²) in [4.78, 5) is 72.8. The summed E-state index contributed by atoms with van der Waals surface area (Å²) in [6, 6.07) is 0. The highest BCUT2D eigenvalue weighted by Gasteiger charge is 2.30. The van der Waals surface area contributed by atoms with Gasteiger partial charge in [-0.25, -0.2) is 9.13 Å². The number of carbonyl (C=O) groups excluding carboxylic acids is 4. The Morgan fingerprint density at radius 1 is 0.292 bits per heavy atom. The van der Waals surface area contributed by atoms with Crippen LogP contribution in [0.25, 0.3) is 0 Å². The topological polar surface area (TPSA) is 237 Å². The summed E-state index contributed by atoms with van der Waals surface area (Å²) in [7, 11) is -9.94. The first-order valence-electron chi connectivity index (χ1n) is 38.6. The molecule has 0 aromatic carbocycles. The van der Waals surface area contributed by atoms with Gasteiger partial charge >= 0.3 is 39.5 Å². The molecule has 0 radical (unpaired) electrons. The molecule has 0 saturated heterocycles. The smallest absolute Gasteiger partial charge is 0.462 e. The fourth-order valence-corrected chi connectivity index (χ4v) is 12.1. The molecule has 0 fully saturated rings. The van der Waals surface area contributed by atoms with Gasteiger partial charge in [-0.05, 0) is 103 Å². The second-order valence-corrected chi connectivity index (χ2v) is 28.9. The number of carbonyl (C=O) groups is 4. The van der Waals surface area contributed by atoms with Gasteiger partial charge in [0.25, 0.3) is 0 Å². The Bertz CT molecular complexity index is 2060. The van der Waals surface area contributed by atoms with E-state index in [1.807, 2.05) is 0 Å². The van der Waals surface area contributed by atoms with Crippen LogP contribution in [0.3, 0.4) is 0 Å². The highest BCUT2D eigenvalue weighted by atomic mass is 31.2. The summed E-state index contributed by atoms with van der Waals surface area (Å²) in [5.74, 6) is -2.19. The van der Waals surface area contributed by atoms with E-state index < -0.39 is 97.5 Å².